The number of fused-ring (bicyclic) bond motifs is 1. The monoisotopic (exact) mass is 406 g/mol. The number of carbonyl (C=O) groups is 1. The summed E-state index contributed by atoms with van der Waals surface area (Å²) in [5.74, 6) is -0.248. The van der Waals surface area contributed by atoms with E-state index in [1.807, 2.05) is 25.1 Å². The second-order valence-electron chi connectivity index (χ2n) is 7.83. The number of piperazine rings is 1. The molecule has 30 heavy (non-hydrogen) atoms. The average molecular weight is 406 g/mol. The van der Waals surface area contributed by atoms with E-state index < -0.39 is 0 Å². The van der Waals surface area contributed by atoms with Crippen molar-refractivity contribution in [3.8, 4) is 6.01 Å². The first kappa shape index (κ1) is 20.0. The summed E-state index contributed by atoms with van der Waals surface area (Å²) in [4.78, 5) is 28.3. The number of nitrogens with one attached hydrogen (secondary N) is 2. The summed E-state index contributed by atoms with van der Waals surface area (Å²) < 4.78 is 5.22. The van der Waals surface area contributed by atoms with Gasteiger partial charge < -0.3 is 20.3 Å². The van der Waals surface area contributed by atoms with E-state index in [0.29, 0.717) is 28.9 Å². The van der Waals surface area contributed by atoms with Crippen molar-refractivity contribution in [3.05, 3.63) is 47.9 Å². The van der Waals surface area contributed by atoms with Crippen LogP contribution in [0, 0.1) is 6.92 Å². The minimum absolute atomic E-state index is 0.230. The third-order valence-electron chi connectivity index (χ3n) is 5.16. The maximum Gasteiger partial charge on any atom is 0.316 e. The molecule has 8 heteroatoms. The van der Waals surface area contributed by atoms with Crippen molar-refractivity contribution < 1.29 is 9.53 Å². The van der Waals surface area contributed by atoms with Gasteiger partial charge in [0, 0.05) is 48.6 Å². The number of hydrogen-bond donors (Lipinski definition) is 2. The molecule has 0 spiro atoms. The Bertz CT molecular complexity index is 1080. The minimum atomic E-state index is -0.248. The topological polar surface area (TPSA) is 92.3 Å². The summed E-state index contributed by atoms with van der Waals surface area (Å²) in [7, 11) is 1.52. The van der Waals surface area contributed by atoms with Crippen molar-refractivity contribution in [2.75, 3.05) is 30.4 Å². The molecule has 2 atom stereocenters. The van der Waals surface area contributed by atoms with E-state index in [0.717, 1.165) is 29.7 Å². The first-order chi connectivity index (χ1) is 14.4. The fraction of sp³-hybridized carbons (Fsp3) is 0.364. The van der Waals surface area contributed by atoms with Gasteiger partial charge in [-0.15, -0.1) is 0 Å². The van der Waals surface area contributed by atoms with Gasteiger partial charge in [-0.3, -0.25) is 9.78 Å². The lowest BCUT2D eigenvalue weighted by atomic mass is 10.0. The molecule has 3 aromatic rings. The lowest BCUT2D eigenvalue weighted by molar-refractivity contribution is 0.102. The molecule has 0 bridgehead atoms. The number of amides is 1. The molecule has 156 valence electrons. The smallest absolute Gasteiger partial charge is 0.316 e. The number of ether oxygens (including phenoxy) is 1. The van der Waals surface area contributed by atoms with Gasteiger partial charge >= 0.3 is 6.01 Å². The van der Waals surface area contributed by atoms with E-state index in [2.05, 4.69) is 44.3 Å². The SMILES string of the molecule is COc1ncc2c(N3C[C@@H](C)N[C@@H](C)C3)ccc(C(=O)Nc3cncc(C)c3)c2n1. The molecule has 1 fully saturated rings. The maximum atomic E-state index is 13.1. The molecular weight excluding hydrogens is 380 g/mol. The molecule has 8 nitrogen and oxygen atoms in total. The normalized spacial score (nSPS) is 19.0. The first-order valence-corrected chi connectivity index (χ1v) is 10.0. The number of aryl methyl sites for hydroxylation is 1. The van der Waals surface area contributed by atoms with E-state index in [-0.39, 0.29) is 11.9 Å². The van der Waals surface area contributed by atoms with Crippen molar-refractivity contribution in [2.24, 2.45) is 0 Å². The molecule has 4 rings (SSSR count). The predicted molar refractivity (Wildman–Crippen MR) is 117 cm³/mol. The molecule has 3 heterocycles. The predicted octanol–water partition coefficient (Wildman–Crippen LogP) is 2.78. The number of methoxy groups -OCH3 is 1. The zero-order valence-corrected chi connectivity index (χ0v) is 17.6. The van der Waals surface area contributed by atoms with Gasteiger partial charge in [-0.05, 0) is 44.5 Å². The fourth-order valence-corrected chi connectivity index (χ4v) is 3.99. The van der Waals surface area contributed by atoms with Crippen LogP contribution in [0.2, 0.25) is 0 Å². The second kappa shape index (κ2) is 8.23. The number of anilines is 2. The van der Waals surface area contributed by atoms with Crippen LogP contribution in [0.3, 0.4) is 0 Å². The molecule has 0 aliphatic carbocycles. The Kier molecular flexibility index (Phi) is 5.50. The Morgan fingerprint density at radius 3 is 2.67 bits per heavy atom. The summed E-state index contributed by atoms with van der Waals surface area (Å²) in [6.45, 7) is 8.00. The van der Waals surface area contributed by atoms with Crippen LogP contribution in [-0.4, -0.2) is 53.1 Å². The standard InChI is InChI=1S/C22H26N6O2/c1-13-7-16(9-23-8-13)26-21(29)17-5-6-19(28-11-14(2)25-15(3)12-28)18-10-24-22(30-4)27-20(17)18/h5-10,14-15,25H,11-12H2,1-4H3,(H,26,29)/t14-,15+. The minimum Gasteiger partial charge on any atom is -0.467 e. The number of hydrogen-bond acceptors (Lipinski definition) is 7. The van der Waals surface area contributed by atoms with Gasteiger partial charge in [-0.2, -0.15) is 4.98 Å². The summed E-state index contributed by atoms with van der Waals surface area (Å²) in [6.07, 6.45) is 5.10. The molecular formula is C22H26N6O2. The zero-order chi connectivity index (χ0) is 21.3. The Labute approximate surface area is 175 Å². The number of aromatic nitrogens is 3. The molecule has 0 radical (unpaired) electrons. The van der Waals surface area contributed by atoms with Crippen LogP contribution < -0.4 is 20.3 Å². The molecule has 1 aliphatic heterocycles. The van der Waals surface area contributed by atoms with Crippen LogP contribution in [-0.2, 0) is 0 Å². The number of rotatable bonds is 4. The van der Waals surface area contributed by atoms with E-state index in [9.17, 15) is 4.79 Å². The van der Waals surface area contributed by atoms with Crippen LogP contribution in [0.1, 0.15) is 29.8 Å². The van der Waals surface area contributed by atoms with Gasteiger partial charge in [0.15, 0.2) is 0 Å². The number of nitrogens with zero attached hydrogens (tertiary/aromatic N) is 4. The van der Waals surface area contributed by atoms with Crippen LogP contribution in [0.15, 0.2) is 36.8 Å². The molecule has 2 aromatic heterocycles. The molecule has 0 unspecified atom stereocenters. The Balaban J connectivity index is 1.76. The molecule has 1 aromatic carbocycles. The first-order valence-electron chi connectivity index (χ1n) is 10.0. The maximum absolute atomic E-state index is 13.1. The van der Waals surface area contributed by atoms with Gasteiger partial charge in [-0.25, -0.2) is 4.98 Å². The highest BCUT2D eigenvalue weighted by Gasteiger charge is 2.24. The Morgan fingerprint density at radius 1 is 1.20 bits per heavy atom. The Hall–Kier alpha value is -3.26. The number of carbonyl (C=O) groups excluding carboxylic acids is 1. The number of pyridine rings is 1. The quantitative estimate of drug-likeness (QED) is 0.688. The highest BCUT2D eigenvalue weighted by Crippen LogP contribution is 2.31. The highest BCUT2D eigenvalue weighted by molar-refractivity contribution is 6.13. The van der Waals surface area contributed by atoms with Gasteiger partial charge in [0.2, 0.25) is 0 Å². The van der Waals surface area contributed by atoms with Crippen LogP contribution >= 0.6 is 0 Å². The summed E-state index contributed by atoms with van der Waals surface area (Å²) >= 11 is 0. The van der Waals surface area contributed by atoms with Crippen molar-refractivity contribution in [1.29, 1.82) is 0 Å². The van der Waals surface area contributed by atoms with Crippen molar-refractivity contribution in [2.45, 2.75) is 32.9 Å². The van der Waals surface area contributed by atoms with Gasteiger partial charge in [-0.1, -0.05) is 0 Å². The van der Waals surface area contributed by atoms with Gasteiger partial charge in [0.05, 0.1) is 30.1 Å². The lowest BCUT2D eigenvalue weighted by Gasteiger charge is -2.38. The van der Waals surface area contributed by atoms with E-state index in [1.54, 1.807) is 18.6 Å². The molecule has 1 saturated heterocycles. The van der Waals surface area contributed by atoms with Crippen molar-refractivity contribution in [1.82, 2.24) is 20.3 Å². The van der Waals surface area contributed by atoms with Crippen LogP contribution in [0.5, 0.6) is 6.01 Å². The van der Waals surface area contributed by atoms with Gasteiger partial charge in [0.25, 0.3) is 5.91 Å². The molecule has 1 aliphatic rings. The lowest BCUT2D eigenvalue weighted by Crippen LogP contribution is -2.54. The highest BCUT2D eigenvalue weighted by atomic mass is 16.5. The second-order valence-corrected chi connectivity index (χ2v) is 7.83. The summed E-state index contributed by atoms with van der Waals surface area (Å²) in [5.41, 5.74) is 3.66. The van der Waals surface area contributed by atoms with Crippen molar-refractivity contribution in [3.63, 3.8) is 0 Å². The van der Waals surface area contributed by atoms with E-state index in [4.69, 9.17) is 4.74 Å². The van der Waals surface area contributed by atoms with Crippen LogP contribution in [0.25, 0.3) is 10.9 Å². The van der Waals surface area contributed by atoms with E-state index in [1.165, 1.54) is 7.11 Å². The average Bonchev–Trinajstić information content (AvgIpc) is 2.71. The van der Waals surface area contributed by atoms with Crippen LogP contribution in [0.4, 0.5) is 11.4 Å². The zero-order valence-electron chi connectivity index (χ0n) is 17.6. The molecule has 0 saturated carbocycles. The molecule has 1 amide bonds. The fourth-order valence-electron chi connectivity index (χ4n) is 3.99. The summed E-state index contributed by atoms with van der Waals surface area (Å²) in [6, 6.07) is 6.62. The van der Waals surface area contributed by atoms with Gasteiger partial charge in [0.1, 0.15) is 0 Å². The largest absolute Gasteiger partial charge is 0.467 e. The Morgan fingerprint density at radius 2 is 1.97 bits per heavy atom. The third kappa shape index (κ3) is 4.04. The number of benzene rings is 1. The van der Waals surface area contributed by atoms with Crippen molar-refractivity contribution >= 4 is 28.2 Å². The van der Waals surface area contributed by atoms with E-state index >= 15 is 0 Å². The third-order valence-corrected chi connectivity index (χ3v) is 5.16. The molecule has 2 N–H and O–H groups in total. The summed E-state index contributed by atoms with van der Waals surface area (Å²) in [5, 5.41) is 7.29.